The molecule has 0 N–H and O–H groups in total. The van der Waals surface area contributed by atoms with Crippen molar-refractivity contribution in [2.24, 2.45) is 0 Å². The van der Waals surface area contributed by atoms with E-state index >= 15 is 0 Å². The Bertz CT molecular complexity index is 40.7. The van der Waals surface area contributed by atoms with E-state index in [-0.39, 0.29) is 0 Å². The second-order valence-electron chi connectivity index (χ2n) is 0.875. The molecule has 0 unspecified atom stereocenters. The van der Waals surface area contributed by atoms with Gasteiger partial charge in [0.15, 0.2) is 0 Å². The van der Waals surface area contributed by atoms with Gasteiger partial charge in [-0.25, -0.2) is 0 Å². The molecule has 0 saturated carbocycles. The van der Waals surface area contributed by atoms with Gasteiger partial charge in [0.1, 0.15) is 0 Å². The summed E-state index contributed by atoms with van der Waals surface area (Å²) in [6.07, 6.45) is 0. The molecule has 0 saturated heterocycles. The van der Waals surface area contributed by atoms with E-state index in [2.05, 4.69) is 9.47 Å². The summed E-state index contributed by atoms with van der Waals surface area (Å²) in [6, 6.07) is 0. The van der Waals surface area contributed by atoms with E-state index in [4.69, 9.17) is 0 Å². The highest BCUT2D eigenvalue weighted by Crippen LogP contribution is 2.01. The predicted octanol–water partition coefficient (Wildman–Crippen LogP) is 1.09. The number of hydrogen-bond acceptors (Lipinski definition) is 2. The molecule has 2 nitrogen and oxygen atoms in total. The standard InChI is InChI=1S/C4H8FO2/c1-3-7-4(5)6-2/h3H2,1-2H3. The fourth-order valence-electron chi connectivity index (χ4n) is 0.172. The van der Waals surface area contributed by atoms with E-state index in [1.807, 2.05) is 0 Å². The van der Waals surface area contributed by atoms with Crippen LogP contribution in [0.4, 0.5) is 4.39 Å². The zero-order valence-corrected chi connectivity index (χ0v) is 4.40. The molecule has 0 bridgehead atoms. The van der Waals surface area contributed by atoms with Crippen molar-refractivity contribution in [3.05, 3.63) is 6.54 Å². The zero-order valence-electron chi connectivity index (χ0n) is 4.40. The van der Waals surface area contributed by atoms with Crippen molar-refractivity contribution in [1.82, 2.24) is 0 Å². The van der Waals surface area contributed by atoms with Gasteiger partial charge in [0.2, 0.25) is 0 Å². The Kier molecular flexibility index (Phi) is 3.93. The van der Waals surface area contributed by atoms with Crippen molar-refractivity contribution >= 4 is 0 Å². The van der Waals surface area contributed by atoms with Gasteiger partial charge in [0, 0.05) is 7.11 Å². The molecule has 3 heteroatoms. The lowest BCUT2D eigenvalue weighted by molar-refractivity contribution is -0.0922. The monoisotopic (exact) mass is 107 g/mol. The average molecular weight is 107 g/mol. The summed E-state index contributed by atoms with van der Waals surface area (Å²) in [4.78, 5) is 0. The SMILES string of the molecule is CCO[C](F)OC. The van der Waals surface area contributed by atoms with E-state index in [1.54, 1.807) is 6.92 Å². The van der Waals surface area contributed by atoms with Crippen molar-refractivity contribution < 1.29 is 13.9 Å². The largest absolute Gasteiger partial charge is 0.409 e. The Morgan fingerprint density at radius 3 is 2.43 bits per heavy atom. The van der Waals surface area contributed by atoms with Crippen LogP contribution in [-0.4, -0.2) is 13.7 Å². The topological polar surface area (TPSA) is 18.5 Å². The minimum Gasteiger partial charge on any atom is -0.321 e. The fraction of sp³-hybridized carbons (Fsp3) is 0.750. The lowest BCUT2D eigenvalue weighted by Gasteiger charge is -1.98. The van der Waals surface area contributed by atoms with Crippen molar-refractivity contribution in [3.63, 3.8) is 0 Å². The first-order valence-electron chi connectivity index (χ1n) is 2.00. The van der Waals surface area contributed by atoms with Gasteiger partial charge in [0.25, 0.3) is 0 Å². The normalized spacial score (nSPS) is 10.3. The summed E-state index contributed by atoms with van der Waals surface area (Å²) in [6.45, 7) is 1.11. The molecule has 0 aliphatic heterocycles. The molecule has 0 amide bonds. The minimum absolute atomic E-state index is 0.305. The van der Waals surface area contributed by atoms with Gasteiger partial charge in [-0.15, -0.1) is 0 Å². The first-order valence-corrected chi connectivity index (χ1v) is 2.00. The highest BCUT2D eigenvalue weighted by atomic mass is 19.2. The third-order valence-corrected chi connectivity index (χ3v) is 0.418. The quantitative estimate of drug-likeness (QED) is 0.537. The van der Waals surface area contributed by atoms with Gasteiger partial charge in [-0.2, -0.15) is 4.39 Å². The Morgan fingerprint density at radius 2 is 2.29 bits per heavy atom. The molecule has 1 radical (unpaired) electrons. The molecule has 0 rings (SSSR count). The Balaban J connectivity index is 2.83. The lowest BCUT2D eigenvalue weighted by atomic mass is 10.9. The molecule has 7 heavy (non-hydrogen) atoms. The molecule has 0 aliphatic rings. The molecule has 0 heterocycles. The van der Waals surface area contributed by atoms with Crippen LogP contribution in [0.1, 0.15) is 6.92 Å². The van der Waals surface area contributed by atoms with Crippen LogP contribution in [0.2, 0.25) is 0 Å². The fourth-order valence-corrected chi connectivity index (χ4v) is 0.172. The molecule has 0 atom stereocenters. The molecular formula is C4H8FO2. The summed E-state index contributed by atoms with van der Waals surface area (Å²) in [7, 11) is 1.21. The lowest BCUT2D eigenvalue weighted by Crippen LogP contribution is -1.97. The summed E-state index contributed by atoms with van der Waals surface area (Å²) in [5.41, 5.74) is 0. The van der Waals surface area contributed by atoms with Gasteiger partial charge in [0.05, 0.1) is 6.61 Å². The summed E-state index contributed by atoms with van der Waals surface area (Å²) < 4.78 is 19.8. The van der Waals surface area contributed by atoms with Crippen LogP contribution in [0.5, 0.6) is 0 Å². The van der Waals surface area contributed by atoms with Gasteiger partial charge in [-0.1, -0.05) is 0 Å². The third-order valence-electron chi connectivity index (χ3n) is 0.418. The van der Waals surface area contributed by atoms with Crippen molar-refractivity contribution in [3.8, 4) is 0 Å². The van der Waals surface area contributed by atoms with E-state index in [0.29, 0.717) is 6.61 Å². The maximum Gasteiger partial charge on any atom is 0.409 e. The Hall–Kier alpha value is -0.150. The smallest absolute Gasteiger partial charge is 0.321 e. The van der Waals surface area contributed by atoms with Crippen LogP contribution >= 0.6 is 0 Å². The number of rotatable bonds is 3. The molecule has 43 valence electrons. The molecule has 0 aliphatic carbocycles. The molecule has 0 aromatic heterocycles. The molecule has 0 spiro atoms. The number of halogens is 1. The van der Waals surface area contributed by atoms with Crippen LogP contribution < -0.4 is 0 Å². The highest BCUT2D eigenvalue weighted by molar-refractivity contribution is 4.36. The van der Waals surface area contributed by atoms with Gasteiger partial charge >= 0.3 is 6.54 Å². The molecule has 0 aromatic rings. The number of hydrogen-bond donors (Lipinski definition) is 0. The molecular weight excluding hydrogens is 99.0 g/mol. The van der Waals surface area contributed by atoms with Gasteiger partial charge in [-0.3, -0.25) is 0 Å². The molecule has 0 fully saturated rings. The minimum atomic E-state index is -0.873. The van der Waals surface area contributed by atoms with Crippen molar-refractivity contribution in [1.29, 1.82) is 0 Å². The van der Waals surface area contributed by atoms with E-state index in [9.17, 15) is 4.39 Å². The van der Waals surface area contributed by atoms with Crippen LogP contribution in [0.15, 0.2) is 0 Å². The predicted molar refractivity (Wildman–Crippen MR) is 23.0 cm³/mol. The third kappa shape index (κ3) is 3.69. The Labute approximate surface area is 42.2 Å². The highest BCUT2D eigenvalue weighted by Gasteiger charge is 2.02. The summed E-state index contributed by atoms with van der Waals surface area (Å²) in [5, 5.41) is 0. The summed E-state index contributed by atoms with van der Waals surface area (Å²) >= 11 is 0. The number of methoxy groups -OCH3 is 1. The van der Waals surface area contributed by atoms with Gasteiger partial charge < -0.3 is 9.47 Å². The van der Waals surface area contributed by atoms with Crippen LogP contribution in [0, 0.1) is 6.54 Å². The van der Waals surface area contributed by atoms with E-state index in [0.717, 1.165) is 0 Å². The maximum absolute atomic E-state index is 11.6. The van der Waals surface area contributed by atoms with E-state index < -0.39 is 6.54 Å². The van der Waals surface area contributed by atoms with Gasteiger partial charge in [-0.05, 0) is 6.92 Å². The van der Waals surface area contributed by atoms with Crippen LogP contribution in [-0.2, 0) is 9.47 Å². The average Bonchev–Trinajstić information content (AvgIpc) is 1.68. The zero-order chi connectivity index (χ0) is 5.70. The van der Waals surface area contributed by atoms with Crippen LogP contribution in [0.3, 0.4) is 0 Å². The second kappa shape index (κ2) is 4.02. The Morgan fingerprint density at radius 1 is 1.71 bits per heavy atom. The second-order valence-corrected chi connectivity index (χ2v) is 0.875. The van der Waals surface area contributed by atoms with E-state index in [1.165, 1.54) is 7.11 Å². The number of ether oxygens (including phenoxy) is 2. The van der Waals surface area contributed by atoms with Crippen molar-refractivity contribution in [2.75, 3.05) is 13.7 Å². The first kappa shape index (κ1) is 6.85. The first-order chi connectivity index (χ1) is 3.31. The van der Waals surface area contributed by atoms with Crippen LogP contribution in [0.25, 0.3) is 0 Å². The molecule has 0 aromatic carbocycles. The summed E-state index contributed by atoms with van der Waals surface area (Å²) in [5.74, 6) is 0. The maximum atomic E-state index is 11.6. The van der Waals surface area contributed by atoms with Crippen molar-refractivity contribution in [2.45, 2.75) is 6.92 Å².